The van der Waals surface area contributed by atoms with E-state index in [1.807, 2.05) is 0 Å². The molecular weight excluding hydrogens is 453 g/mol. The van der Waals surface area contributed by atoms with E-state index in [2.05, 4.69) is 10.3 Å². The fourth-order valence-corrected chi connectivity index (χ4v) is 3.31. The van der Waals surface area contributed by atoms with Gasteiger partial charge in [-0.1, -0.05) is 16.8 Å². The quantitative estimate of drug-likeness (QED) is 0.609. The molecule has 1 amide bonds. The highest BCUT2D eigenvalue weighted by molar-refractivity contribution is 6.32. The Bertz CT molecular complexity index is 995. The minimum atomic E-state index is -4.53. The molecule has 0 spiro atoms. The summed E-state index contributed by atoms with van der Waals surface area (Å²) in [5.74, 6) is -0.727. The first-order chi connectivity index (χ1) is 14.8. The molecule has 0 bridgehead atoms. The lowest BCUT2D eigenvalue weighted by Gasteiger charge is -2.33. The second kappa shape index (κ2) is 8.97. The van der Waals surface area contributed by atoms with Gasteiger partial charge in [-0.2, -0.15) is 13.2 Å². The van der Waals surface area contributed by atoms with E-state index in [1.165, 1.54) is 6.20 Å². The Balaban J connectivity index is 1.59. The number of rotatable bonds is 3. The second-order valence-corrected chi connectivity index (χ2v) is 8.69. The van der Waals surface area contributed by atoms with E-state index in [0.717, 1.165) is 22.9 Å². The summed E-state index contributed by atoms with van der Waals surface area (Å²) in [5, 5.41) is 7.28. The molecular formula is C20H22ClF3N4O4. The highest BCUT2D eigenvalue weighted by Crippen LogP contribution is 2.33. The van der Waals surface area contributed by atoms with Gasteiger partial charge in [-0.25, -0.2) is 14.3 Å². The third kappa shape index (κ3) is 5.90. The maximum atomic E-state index is 12.8. The number of hydrogen-bond donors (Lipinski definition) is 0. The van der Waals surface area contributed by atoms with Crippen molar-refractivity contribution in [2.75, 3.05) is 13.1 Å². The van der Waals surface area contributed by atoms with Gasteiger partial charge >= 0.3 is 18.2 Å². The molecule has 0 unspecified atom stereocenters. The summed E-state index contributed by atoms with van der Waals surface area (Å²) >= 11 is 5.95. The summed E-state index contributed by atoms with van der Waals surface area (Å²) in [6.45, 7) is 6.10. The third-order valence-corrected chi connectivity index (χ3v) is 4.89. The number of amides is 1. The van der Waals surface area contributed by atoms with Gasteiger partial charge in [-0.3, -0.25) is 0 Å². The number of carbonyl (C=O) groups is 2. The molecule has 0 N–H and O–H groups in total. The summed E-state index contributed by atoms with van der Waals surface area (Å²) < 4.78 is 50.2. The molecule has 32 heavy (non-hydrogen) atoms. The zero-order valence-electron chi connectivity index (χ0n) is 17.6. The largest absolute Gasteiger partial charge is 0.457 e. The van der Waals surface area contributed by atoms with Crippen LogP contribution in [0.25, 0.3) is 5.69 Å². The van der Waals surface area contributed by atoms with Crippen LogP contribution in [0.5, 0.6) is 0 Å². The highest BCUT2D eigenvalue weighted by Gasteiger charge is 2.32. The molecule has 0 radical (unpaired) electrons. The van der Waals surface area contributed by atoms with Crippen LogP contribution in [0, 0.1) is 0 Å². The van der Waals surface area contributed by atoms with Gasteiger partial charge < -0.3 is 14.4 Å². The van der Waals surface area contributed by atoms with Gasteiger partial charge in [0.25, 0.3) is 0 Å². The summed E-state index contributed by atoms with van der Waals surface area (Å²) in [7, 11) is 0. The number of nitrogens with zero attached hydrogens (tertiary/aromatic N) is 4. The average molecular weight is 475 g/mol. The van der Waals surface area contributed by atoms with Crippen LogP contribution in [0.3, 0.4) is 0 Å². The number of benzene rings is 1. The molecule has 1 aromatic carbocycles. The summed E-state index contributed by atoms with van der Waals surface area (Å²) in [6.07, 6.45) is -3.27. The Morgan fingerprint density at radius 2 is 1.81 bits per heavy atom. The van der Waals surface area contributed by atoms with Crippen molar-refractivity contribution in [2.45, 2.75) is 51.5 Å². The maximum absolute atomic E-state index is 12.8. The molecule has 3 rings (SSSR count). The Labute approximate surface area is 187 Å². The van der Waals surface area contributed by atoms with Crippen LogP contribution in [0.2, 0.25) is 5.02 Å². The highest BCUT2D eigenvalue weighted by atomic mass is 35.5. The van der Waals surface area contributed by atoms with Crippen molar-refractivity contribution in [3.8, 4) is 5.69 Å². The summed E-state index contributed by atoms with van der Waals surface area (Å²) in [5.41, 5.74) is -1.47. The Kier molecular flexibility index (Phi) is 6.68. The molecule has 2 heterocycles. The van der Waals surface area contributed by atoms with Crippen LogP contribution in [-0.4, -0.2) is 56.8 Å². The Morgan fingerprint density at radius 1 is 1.16 bits per heavy atom. The molecule has 0 saturated carbocycles. The van der Waals surface area contributed by atoms with Crippen molar-refractivity contribution in [1.29, 1.82) is 0 Å². The van der Waals surface area contributed by atoms with Crippen molar-refractivity contribution in [3.63, 3.8) is 0 Å². The minimum Gasteiger partial charge on any atom is -0.457 e. The van der Waals surface area contributed by atoms with Gasteiger partial charge in [0.2, 0.25) is 0 Å². The molecule has 12 heteroatoms. The smallest absolute Gasteiger partial charge is 0.416 e. The van der Waals surface area contributed by atoms with E-state index < -0.39 is 35.5 Å². The Morgan fingerprint density at radius 3 is 2.38 bits per heavy atom. The monoisotopic (exact) mass is 474 g/mol. The first-order valence-electron chi connectivity index (χ1n) is 9.82. The molecule has 2 aromatic rings. The molecule has 1 aromatic heterocycles. The van der Waals surface area contributed by atoms with E-state index in [4.69, 9.17) is 21.1 Å². The van der Waals surface area contributed by atoms with Crippen LogP contribution in [0.4, 0.5) is 18.0 Å². The lowest BCUT2D eigenvalue weighted by molar-refractivity contribution is -0.137. The molecule has 1 fully saturated rings. The van der Waals surface area contributed by atoms with E-state index >= 15 is 0 Å². The number of ether oxygens (including phenoxy) is 2. The number of esters is 1. The topological polar surface area (TPSA) is 86.5 Å². The molecule has 1 saturated heterocycles. The molecule has 1 aliphatic rings. The fraction of sp³-hybridized carbons (Fsp3) is 0.500. The van der Waals surface area contributed by atoms with Crippen LogP contribution in [0.15, 0.2) is 24.4 Å². The van der Waals surface area contributed by atoms with Gasteiger partial charge in [0.1, 0.15) is 11.7 Å². The maximum Gasteiger partial charge on any atom is 0.416 e. The molecule has 174 valence electrons. The number of aromatic nitrogens is 3. The van der Waals surface area contributed by atoms with Crippen LogP contribution in [0.1, 0.15) is 49.7 Å². The molecule has 0 aliphatic carbocycles. The Hall–Kier alpha value is -2.82. The van der Waals surface area contributed by atoms with Gasteiger partial charge in [0, 0.05) is 25.9 Å². The average Bonchev–Trinajstić information content (AvgIpc) is 3.16. The SMILES string of the molecule is CC(C)(C)OC(=O)N1CCC(OC(=O)c2cn(-c3ccc(C(F)(F)F)cc3Cl)nn2)CC1. The molecule has 1 aliphatic heterocycles. The van der Waals surface area contributed by atoms with E-state index in [0.29, 0.717) is 25.9 Å². The number of alkyl halides is 3. The third-order valence-electron chi connectivity index (χ3n) is 4.59. The second-order valence-electron chi connectivity index (χ2n) is 8.28. The predicted molar refractivity (Wildman–Crippen MR) is 108 cm³/mol. The molecule has 8 nitrogen and oxygen atoms in total. The minimum absolute atomic E-state index is 0.115. The number of piperidine rings is 1. The van der Waals surface area contributed by atoms with Crippen molar-refractivity contribution >= 4 is 23.7 Å². The predicted octanol–water partition coefficient (Wildman–Crippen LogP) is 4.50. The van der Waals surface area contributed by atoms with E-state index in [1.54, 1.807) is 25.7 Å². The van der Waals surface area contributed by atoms with Crippen molar-refractivity contribution in [3.05, 3.63) is 40.7 Å². The first-order valence-corrected chi connectivity index (χ1v) is 10.2. The van der Waals surface area contributed by atoms with Gasteiger partial charge in [-0.05, 0) is 39.0 Å². The van der Waals surface area contributed by atoms with Crippen molar-refractivity contribution in [1.82, 2.24) is 19.9 Å². The lowest BCUT2D eigenvalue weighted by atomic mass is 10.1. The van der Waals surface area contributed by atoms with Gasteiger partial charge in [-0.15, -0.1) is 5.10 Å². The van der Waals surface area contributed by atoms with Gasteiger partial charge in [0.05, 0.1) is 22.5 Å². The normalized spacial score (nSPS) is 15.5. The number of likely N-dealkylation sites (tertiary alicyclic amines) is 1. The summed E-state index contributed by atoms with van der Waals surface area (Å²) in [6, 6.07) is 2.77. The summed E-state index contributed by atoms with van der Waals surface area (Å²) in [4.78, 5) is 26.1. The zero-order chi connectivity index (χ0) is 23.7. The molecule has 0 atom stereocenters. The van der Waals surface area contributed by atoms with Gasteiger partial charge in [0.15, 0.2) is 5.69 Å². The lowest BCUT2D eigenvalue weighted by Crippen LogP contribution is -2.43. The van der Waals surface area contributed by atoms with E-state index in [-0.39, 0.29) is 16.4 Å². The standard InChI is InChI=1S/C20H22ClF3N4O4/c1-19(2,3)32-18(30)27-8-6-13(7-9-27)31-17(29)15-11-28(26-25-15)16-5-4-12(10-14(16)21)20(22,23)24/h4-5,10-11,13H,6-9H2,1-3H3. The fourth-order valence-electron chi connectivity index (χ4n) is 3.04. The van der Waals surface area contributed by atoms with Crippen LogP contribution < -0.4 is 0 Å². The van der Waals surface area contributed by atoms with Crippen LogP contribution >= 0.6 is 11.6 Å². The first kappa shape index (κ1) is 23.8. The number of carbonyl (C=O) groups excluding carboxylic acids is 2. The zero-order valence-corrected chi connectivity index (χ0v) is 18.4. The van der Waals surface area contributed by atoms with Crippen molar-refractivity contribution < 1.29 is 32.2 Å². The van der Waals surface area contributed by atoms with E-state index in [9.17, 15) is 22.8 Å². The number of halogens is 4. The van der Waals surface area contributed by atoms with Crippen molar-refractivity contribution in [2.24, 2.45) is 0 Å². The van der Waals surface area contributed by atoms with Crippen LogP contribution in [-0.2, 0) is 15.7 Å². The number of hydrogen-bond acceptors (Lipinski definition) is 6.